The van der Waals surface area contributed by atoms with Crippen LogP contribution in [0.25, 0.3) is 0 Å². The van der Waals surface area contributed by atoms with E-state index >= 15 is 0 Å². The zero-order valence-electron chi connectivity index (χ0n) is 16.1. The van der Waals surface area contributed by atoms with Gasteiger partial charge in [-0.15, -0.1) is 24.0 Å². The van der Waals surface area contributed by atoms with E-state index in [1.165, 1.54) is 24.3 Å². The van der Waals surface area contributed by atoms with Crippen molar-refractivity contribution in [3.05, 3.63) is 30.1 Å². The van der Waals surface area contributed by atoms with Crippen LogP contribution >= 0.6 is 24.0 Å². The summed E-state index contributed by atoms with van der Waals surface area (Å²) in [4.78, 5) is 16.2. The molecule has 0 saturated carbocycles. The highest BCUT2D eigenvalue weighted by molar-refractivity contribution is 14.0. The average Bonchev–Trinajstić information content (AvgIpc) is 2.54. The first-order valence-electron chi connectivity index (χ1n) is 8.36. The fourth-order valence-corrected chi connectivity index (χ4v) is 2.16. The Morgan fingerprint density at radius 3 is 2.35 bits per heavy atom. The second kappa shape index (κ2) is 12.1. The average molecular weight is 480 g/mol. The number of nitrogens with one attached hydrogen (secondary N) is 3. The number of amides is 1. The largest absolute Gasteiger partial charge is 0.379 e. The molecule has 1 unspecified atom stereocenters. The number of benzene rings is 1. The van der Waals surface area contributed by atoms with Gasteiger partial charge >= 0.3 is 0 Å². The van der Waals surface area contributed by atoms with Crippen molar-refractivity contribution in [2.45, 2.75) is 33.8 Å². The Hall–Kier alpha value is -1.42. The van der Waals surface area contributed by atoms with Crippen LogP contribution in [0, 0.1) is 11.2 Å². The minimum Gasteiger partial charge on any atom is -0.379 e. The van der Waals surface area contributed by atoms with Crippen LogP contribution in [0.15, 0.2) is 29.3 Å². The molecule has 1 atom stereocenters. The maximum absolute atomic E-state index is 12.9. The molecule has 1 rings (SSSR count). The Kier molecular flexibility index (Phi) is 11.4. The van der Waals surface area contributed by atoms with E-state index in [0.717, 1.165) is 0 Å². The standard InChI is InChI=1S/C18H29FN4O2.HI/c1-6-20-17(21-11-15(25-5)18(2,3)4)22-12-16(24)23-14-9-7-13(19)8-10-14;/h7-10,15H,6,11-12H2,1-5H3,(H,23,24)(H2,20,21,22);1H. The summed E-state index contributed by atoms with van der Waals surface area (Å²) in [5.74, 6) is -0.0767. The second-order valence-corrected chi connectivity index (χ2v) is 6.72. The normalized spacial score (nSPS) is 12.8. The maximum atomic E-state index is 12.9. The summed E-state index contributed by atoms with van der Waals surface area (Å²) in [5, 5.41) is 8.96. The van der Waals surface area contributed by atoms with Crippen LogP contribution in [0.4, 0.5) is 10.1 Å². The van der Waals surface area contributed by atoms with Crippen molar-refractivity contribution in [2.75, 3.05) is 32.1 Å². The lowest BCUT2D eigenvalue weighted by Gasteiger charge is -2.30. The summed E-state index contributed by atoms with van der Waals surface area (Å²) in [6.07, 6.45) is 0.00407. The number of ether oxygens (including phenoxy) is 1. The Balaban J connectivity index is 0.00000625. The molecule has 0 aliphatic heterocycles. The van der Waals surface area contributed by atoms with Crippen molar-refractivity contribution in [2.24, 2.45) is 10.4 Å². The SMILES string of the molecule is CCNC(=NCC(=O)Nc1ccc(F)cc1)NCC(OC)C(C)(C)C.I. The van der Waals surface area contributed by atoms with Crippen molar-refractivity contribution < 1.29 is 13.9 Å². The van der Waals surface area contributed by atoms with Gasteiger partial charge in [-0.2, -0.15) is 0 Å². The van der Waals surface area contributed by atoms with Gasteiger partial charge in [0.1, 0.15) is 12.4 Å². The molecule has 0 saturated heterocycles. The predicted molar refractivity (Wildman–Crippen MR) is 115 cm³/mol. The molecule has 0 spiro atoms. The lowest BCUT2D eigenvalue weighted by Crippen LogP contribution is -2.45. The summed E-state index contributed by atoms with van der Waals surface area (Å²) >= 11 is 0. The summed E-state index contributed by atoms with van der Waals surface area (Å²) in [7, 11) is 1.68. The van der Waals surface area contributed by atoms with Crippen LogP contribution in [0.3, 0.4) is 0 Å². The quantitative estimate of drug-likeness (QED) is 0.319. The number of anilines is 1. The third kappa shape index (κ3) is 9.33. The van der Waals surface area contributed by atoms with E-state index < -0.39 is 0 Å². The molecule has 1 aromatic rings. The van der Waals surface area contributed by atoms with Gasteiger partial charge in [-0.05, 0) is 36.6 Å². The smallest absolute Gasteiger partial charge is 0.246 e. The molecular formula is C18H30FIN4O2. The van der Waals surface area contributed by atoms with E-state index in [1.54, 1.807) is 7.11 Å². The number of halogens is 2. The summed E-state index contributed by atoms with van der Waals surface area (Å²) in [6.45, 7) is 9.46. The van der Waals surface area contributed by atoms with Gasteiger partial charge in [0, 0.05) is 25.9 Å². The van der Waals surface area contributed by atoms with Crippen LogP contribution in [0.2, 0.25) is 0 Å². The molecule has 1 amide bonds. The van der Waals surface area contributed by atoms with Crippen molar-refractivity contribution in [3.63, 3.8) is 0 Å². The van der Waals surface area contributed by atoms with Gasteiger partial charge in [-0.1, -0.05) is 20.8 Å². The Morgan fingerprint density at radius 2 is 1.85 bits per heavy atom. The van der Waals surface area contributed by atoms with Crippen LogP contribution in [-0.2, 0) is 9.53 Å². The van der Waals surface area contributed by atoms with E-state index in [4.69, 9.17) is 4.74 Å². The van der Waals surface area contributed by atoms with E-state index in [-0.39, 0.29) is 53.8 Å². The molecule has 0 aromatic heterocycles. The van der Waals surface area contributed by atoms with Gasteiger partial charge in [0.25, 0.3) is 0 Å². The molecule has 0 heterocycles. The number of methoxy groups -OCH3 is 1. The van der Waals surface area contributed by atoms with Crippen molar-refractivity contribution in [3.8, 4) is 0 Å². The highest BCUT2D eigenvalue weighted by Crippen LogP contribution is 2.20. The monoisotopic (exact) mass is 480 g/mol. The Labute approximate surface area is 172 Å². The predicted octanol–water partition coefficient (Wildman–Crippen LogP) is 3.00. The molecule has 8 heteroatoms. The molecule has 148 valence electrons. The first kappa shape index (κ1) is 24.6. The van der Waals surface area contributed by atoms with Crippen LogP contribution < -0.4 is 16.0 Å². The molecule has 6 nitrogen and oxygen atoms in total. The lowest BCUT2D eigenvalue weighted by molar-refractivity contribution is -0.114. The number of guanidine groups is 1. The lowest BCUT2D eigenvalue weighted by atomic mass is 9.89. The molecule has 26 heavy (non-hydrogen) atoms. The summed E-state index contributed by atoms with van der Waals surface area (Å²) < 4.78 is 18.4. The highest BCUT2D eigenvalue weighted by Gasteiger charge is 2.24. The van der Waals surface area contributed by atoms with E-state index in [2.05, 4.69) is 41.7 Å². The zero-order valence-corrected chi connectivity index (χ0v) is 18.4. The number of hydrogen-bond donors (Lipinski definition) is 3. The fourth-order valence-electron chi connectivity index (χ4n) is 2.16. The number of carbonyl (C=O) groups excluding carboxylic acids is 1. The van der Waals surface area contributed by atoms with Crippen molar-refractivity contribution in [1.82, 2.24) is 10.6 Å². The second-order valence-electron chi connectivity index (χ2n) is 6.72. The van der Waals surface area contributed by atoms with Crippen molar-refractivity contribution >= 4 is 41.5 Å². The van der Waals surface area contributed by atoms with Gasteiger partial charge in [-0.25, -0.2) is 9.38 Å². The number of hydrogen-bond acceptors (Lipinski definition) is 3. The van der Waals surface area contributed by atoms with Gasteiger partial charge in [0.15, 0.2) is 5.96 Å². The fraction of sp³-hybridized carbons (Fsp3) is 0.556. The van der Waals surface area contributed by atoms with Crippen LogP contribution in [0.5, 0.6) is 0 Å². The van der Waals surface area contributed by atoms with Gasteiger partial charge < -0.3 is 20.7 Å². The Bertz CT molecular complexity index is 574. The minimum absolute atomic E-state index is 0. The molecule has 0 bridgehead atoms. The topological polar surface area (TPSA) is 74.8 Å². The van der Waals surface area contributed by atoms with Gasteiger partial charge in [0.05, 0.1) is 6.10 Å². The number of rotatable bonds is 7. The van der Waals surface area contributed by atoms with Crippen LogP contribution in [0.1, 0.15) is 27.7 Å². The first-order chi connectivity index (χ1) is 11.8. The molecule has 0 radical (unpaired) electrons. The van der Waals surface area contributed by atoms with E-state index in [0.29, 0.717) is 24.7 Å². The molecule has 3 N–H and O–H groups in total. The number of carbonyl (C=O) groups is 1. The molecule has 0 aliphatic carbocycles. The number of nitrogens with zero attached hydrogens (tertiary/aromatic N) is 1. The molecule has 0 aliphatic rings. The molecular weight excluding hydrogens is 450 g/mol. The summed E-state index contributed by atoms with van der Waals surface area (Å²) in [5.41, 5.74) is 0.519. The van der Waals surface area contributed by atoms with E-state index in [9.17, 15) is 9.18 Å². The first-order valence-corrected chi connectivity index (χ1v) is 8.36. The summed E-state index contributed by atoms with van der Waals surface area (Å²) in [6, 6.07) is 5.60. The minimum atomic E-state index is -0.346. The van der Waals surface area contributed by atoms with E-state index in [1.807, 2.05) is 6.92 Å². The third-order valence-corrected chi connectivity index (χ3v) is 3.56. The van der Waals surface area contributed by atoms with Gasteiger partial charge in [-0.3, -0.25) is 4.79 Å². The zero-order chi connectivity index (χ0) is 18.9. The maximum Gasteiger partial charge on any atom is 0.246 e. The number of aliphatic imine (C=N–C) groups is 1. The Morgan fingerprint density at radius 1 is 1.23 bits per heavy atom. The molecule has 0 fully saturated rings. The third-order valence-electron chi connectivity index (χ3n) is 3.56. The van der Waals surface area contributed by atoms with Crippen LogP contribution in [-0.4, -0.2) is 44.7 Å². The molecule has 1 aromatic carbocycles. The van der Waals surface area contributed by atoms with Crippen molar-refractivity contribution in [1.29, 1.82) is 0 Å². The highest BCUT2D eigenvalue weighted by atomic mass is 127. The van der Waals surface area contributed by atoms with Gasteiger partial charge in [0.2, 0.25) is 5.91 Å².